The molecular formula is C22H31N5O3S. The molecule has 0 radical (unpaired) electrons. The van der Waals surface area contributed by atoms with Gasteiger partial charge in [-0.05, 0) is 24.3 Å². The predicted octanol–water partition coefficient (Wildman–Crippen LogP) is 1.66. The number of amides is 4. The Bertz CT molecular complexity index is 830. The Morgan fingerprint density at radius 1 is 1.10 bits per heavy atom. The monoisotopic (exact) mass is 445 g/mol. The zero-order valence-electron chi connectivity index (χ0n) is 18.3. The number of rotatable bonds is 4. The summed E-state index contributed by atoms with van der Waals surface area (Å²) in [5.74, 6) is 0.388. The molecule has 31 heavy (non-hydrogen) atoms. The second-order valence-corrected chi connectivity index (χ2v) is 9.86. The van der Waals surface area contributed by atoms with Crippen molar-refractivity contribution in [3.8, 4) is 0 Å². The van der Waals surface area contributed by atoms with Gasteiger partial charge in [0.25, 0.3) is 0 Å². The van der Waals surface area contributed by atoms with Crippen molar-refractivity contribution in [1.82, 2.24) is 25.3 Å². The summed E-state index contributed by atoms with van der Waals surface area (Å²) >= 11 is 1.47. The Morgan fingerprint density at radius 3 is 2.45 bits per heavy atom. The molecule has 2 N–H and O–H groups in total. The van der Waals surface area contributed by atoms with Crippen LogP contribution in [0.2, 0.25) is 0 Å². The van der Waals surface area contributed by atoms with Crippen LogP contribution in [0.5, 0.6) is 0 Å². The molecule has 0 saturated carbocycles. The smallest absolute Gasteiger partial charge is 0.327 e. The van der Waals surface area contributed by atoms with Crippen LogP contribution in [-0.2, 0) is 9.59 Å². The quantitative estimate of drug-likeness (QED) is 0.733. The number of fused-ring (bicyclic) bond motifs is 1. The molecule has 8 nitrogen and oxygen atoms in total. The maximum Gasteiger partial charge on any atom is 0.327 e. The Morgan fingerprint density at radius 2 is 1.77 bits per heavy atom. The highest BCUT2D eigenvalue weighted by Gasteiger charge is 2.51. The zero-order chi connectivity index (χ0) is 22.1. The topological polar surface area (TPSA) is 85.0 Å². The van der Waals surface area contributed by atoms with Gasteiger partial charge in [0.15, 0.2) is 0 Å². The Hall–Kier alpha value is -2.10. The zero-order valence-corrected chi connectivity index (χ0v) is 19.1. The molecular weight excluding hydrogens is 414 g/mol. The first-order valence-corrected chi connectivity index (χ1v) is 11.9. The van der Waals surface area contributed by atoms with Gasteiger partial charge in [-0.2, -0.15) is 0 Å². The van der Waals surface area contributed by atoms with E-state index in [0.29, 0.717) is 11.7 Å². The summed E-state index contributed by atoms with van der Waals surface area (Å²) in [6.45, 7) is 3.83. The van der Waals surface area contributed by atoms with Crippen molar-refractivity contribution in [1.29, 1.82) is 0 Å². The van der Waals surface area contributed by atoms with Crippen molar-refractivity contribution in [2.75, 3.05) is 32.9 Å². The van der Waals surface area contributed by atoms with Gasteiger partial charge in [0.1, 0.15) is 0 Å². The molecule has 4 amide bonds. The van der Waals surface area contributed by atoms with Gasteiger partial charge in [0.2, 0.25) is 11.8 Å². The lowest BCUT2D eigenvalue weighted by Gasteiger charge is -2.50. The van der Waals surface area contributed by atoms with Crippen LogP contribution in [0, 0.1) is 11.8 Å². The Balaban J connectivity index is 1.52. The third kappa shape index (κ3) is 4.44. The van der Waals surface area contributed by atoms with Gasteiger partial charge in [-0.3, -0.25) is 25.1 Å². The van der Waals surface area contributed by atoms with Crippen LogP contribution in [0.4, 0.5) is 4.79 Å². The molecule has 4 rings (SSSR count). The molecule has 4 atom stereocenters. The first-order chi connectivity index (χ1) is 14.9. The van der Waals surface area contributed by atoms with Gasteiger partial charge in [-0.25, -0.2) is 4.79 Å². The molecule has 3 aliphatic rings. The minimum Gasteiger partial charge on any atom is -0.342 e. The number of nitrogens with one attached hydrogen (secondary N) is 2. The van der Waals surface area contributed by atoms with Crippen LogP contribution in [0.3, 0.4) is 0 Å². The van der Waals surface area contributed by atoms with E-state index < -0.39 is 12.1 Å². The van der Waals surface area contributed by atoms with E-state index in [4.69, 9.17) is 0 Å². The number of likely N-dealkylation sites (tertiary alicyclic amines) is 1. The van der Waals surface area contributed by atoms with Gasteiger partial charge in [0.05, 0.1) is 29.4 Å². The second-order valence-electron chi connectivity index (χ2n) is 8.73. The first kappa shape index (κ1) is 22.1. The average Bonchev–Trinajstić information content (AvgIpc) is 2.80. The largest absolute Gasteiger partial charge is 0.342 e. The first-order valence-electron chi connectivity index (χ1n) is 10.9. The molecule has 0 spiro atoms. The van der Waals surface area contributed by atoms with Gasteiger partial charge in [0, 0.05) is 27.2 Å². The fourth-order valence-corrected chi connectivity index (χ4v) is 5.76. The number of piperidine rings is 1. The highest BCUT2D eigenvalue weighted by molar-refractivity contribution is 8.00. The van der Waals surface area contributed by atoms with E-state index in [1.54, 1.807) is 11.9 Å². The Kier molecular flexibility index (Phi) is 6.55. The van der Waals surface area contributed by atoms with Gasteiger partial charge in [-0.1, -0.05) is 37.3 Å². The maximum absolute atomic E-state index is 13.0. The number of carbonyl (C=O) groups excluding carboxylic acids is 3. The number of hydrogen-bond acceptors (Lipinski definition) is 6. The number of urea groups is 1. The van der Waals surface area contributed by atoms with E-state index in [1.807, 2.05) is 35.2 Å². The van der Waals surface area contributed by atoms with Gasteiger partial charge in [-0.15, -0.1) is 11.8 Å². The lowest BCUT2D eigenvalue weighted by Crippen LogP contribution is -2.72. The number of hydrogen-bond donors (Lipinski definition) is 2. The molecule has 3 heterocycles. The van der Waals surface area contributed by atoms with Crippen LogP contribution in [0.1, 0.15) is 31.5 Å². The van der Waals surface area contributed by atoms with Crippen LogP contribution in [-0.4, -0.2) is 77.0 Å². The molecule has 3 aliphatic heterocycles. The molecule has 4 unspecified atom stereocenters. The third-order valence-electron chi connectivity index (χ3n) is 6.61. The number of nitrogens with zero attached hydrogens (tertiary/aromatic N) is 3. The van der Waals surface area contributed by atoms with Crippen molar-refractivity contribution in [3.63, 3.8) is 0 Å². The van der Waals surface area contributed by atoms with E-state index in [-0.39, 0.29) is 29.4 Å². The summed E-state index contributed by atoms with van der Waals surface area (Å²) in [5.41, 5.74) is 1.02. The van der Waals surface area contributed by atoms with Crippen molar-refractivity contribution in [2.45, 2.75) is 37.5 Å². The minimum atomic E-state index is -0.480. The summed E-state index contributed by atoms with van der Waals surface area (Å²) in [5, 5.41) is 6.65. The number of thioether (sulfide) groups is 1. The summed E-state index contributed by atoms with van der Waals surface area (Å²) in [4.78, 5) is 43.1. The van der Waals surface area contributed by atoms with E-state index in [0.717, 1.165) is 31.5 Å². The minimum absolute atomic E-state index is 0.117. The molecule has 0 bridgehead atoms. The maximum atomic E-state index is 13.0. The summed E-state index contributed by atoms with van der Waals surface area (Å²) in [6.07, 6.45) is 1.42. The normalized spacial score (nSPS) is 29.8. The molecule has 1 aromatic rings. The molecule has 168 valence electrons. The van der Waals surface area contributed by atoms with Crippen LogP contribution in [0.15, 0.2) is 30.3 Å². The van der Waals surface area contributed by atoms with Crippen molar-refractivity contribution in [2.24, 2.45) is 11.8 Å². The summed E-state index contributed by atoms with van der Waals surface area (Å²) < 4.78 is 0. The highest BCUT2D eigenvalue weighted by Crippen LogP contribution is 2.34. The lowest BCUT2D eigenvalue weighted by molar-refractivity contribution is -0.140. The van der Waals surface area contributed by atoms with Gasteiger partial charge < -0.3 is 9.80 Å². The number of imide groups is 1. The van der Waals surface area contributed by atoms with Gasteiger partial charge >= 0.3 is 6.03 Å². The second kappa shape index (κ2) is 9.18. The number of carbonyl (C=O) groups is 3. The summed E-state index contributed by atoms with van der Waals surface area (Å²) in [7, 11) is 3.23. The van der Waals surface area contributed by atoms with Crippen molar-refractivity contribution >= 4 is 29.6 Å². The Labute approximate surface area is 187 Å². The highest BCUT2D eigenvalue weighted by atomic mass is 32.2. The molecule has 0 aromatic heterocycles. The van der Waals surface area contributed by atoms with E-state index in [1.165, 1.54) is 23.7 Å². The van der Waals surface area contributed by atoms with Crippen LogP contribution < -0.4 is 10.6 Å². The van der Waals surface area contributed by atoms with Crippen LogP contribution in [0.25, 0.3) is 0 Å². The predicted molar refractivity (Wildman–Crippen MR) is 120 cm³/mol. The molecule has 3 saturated heterocycles. The average molecular weight is 446 g/mol. The van der Waals surface area contributed by atoms with Crippen LogP contribution >= 0.6 is 11.8 Å². The lowest BCUT2D eigenvalue weighted by atomic mass is 9.96. The van der Waals surface area contributed by atoms with Crippen molar-refractivity contribution in [3.05, 3.63) is 35.9 Å². The SMILES string of the molecule is CC1CCN(C(=O)CSC2NC(c3ccccc3)NC3C2C(=O)N(C)C(=O)N3C)CC1. The third-order valence-corrected chi connectivity index (χ3v) is 7.81. The van der Waals surface area contributed by atoms with Crippen molar-refractivity contribution < 1.29 is 14.4 Å². The van der Waals surface area contributed by atoms with E-state index in [9.17, 15) is 14.4 Å². The molecule has 9 heteroatoms. The number of benzene rings is 1. The molecule has 1 aromatic carbocycles. The standard InChI is InChI=1S/C22H31N5O3S/c1-14-9-11-27(12-10-14)16(28)13-31-20-17-19(25(2)22(30)26(3)21(17)29)23-18(24-20)15-7-5-4-6-8-15/h4-8,14,17-20,23-24H,9-13H2,1-3H3. The molecule has 3 fully saturated rings. The summed E-state index contributed by atoms with van der Waals surface area (Å²) in [6, 6.07) is 9.56. The fraction of sp³-hybridized carbons (Fsp3) is 0.591. The van der Waals surface area contributed by atoms with E-state index in [2.05, 4.69) is 17.6 Å². The van der Waals surface area contributed by atoms with E-state index >= 15 is 0 Å². The molecule has 0 aliphatic carbocycles. The fourth-order valence-electron chi connectivity index (χ4n) is 4.55.